The summed E-state index contributed by atoms with van der Waals surface area (Å²) in [7, 11) is 1.51. The van der Waals surface area contributed by atoms with Crippen LogP contribution in [0.4, 0.5) is 0 Å². The van der Waals surface area contributed by atoms with Crippen molar-refractivity contribution in [1.82, 2.24) is 0 Å². The van der Waals surface area contributed by atoms with E-state index in [1.807, 2.05) is 0 Å². The number of hydrogen-bond donors (Lipinski definition) is 1. The van der Waals surface area contributed by atoms with Gasteiger partial charge in [-0.1, -0.05) is 12.2 Å². The summed E-state index contributed by atoms with van der Waals surface area (Å²) in [5.74, 6) is 1.12. The van der Waals surface area contributed by atoms with Gasteiger partial charge in [-0.25, -0.2) is 0 Å². The zero-order valence-electron chi connectivity index (χ0n) is 13.0. The normalized spacial score (nSPS) is 42.4. The van der Waals surface area contributed by atoms with Crippen molar-refractivity contribution in [2.75, 3.05) is 7.11 Å². The van der Waals surface area contributed by atoms with Crippen molar-refractivity contribution in [3.05, 3.63) is 23.5 Å². The van der Waals surface area contributed by atoms with Crippen molar-refractivity contribution in [2.45, 2.75) is 57.3 Å². The molecule has 0 spiro atoms. The molecule has 116 valence electrons. The highest BCUT2D eigenvalue weighted by Crippen LogP contribution is 2.53. The van der Waals surface area contributed by atoms with Crippen molar-refractivity contribution in [1.29, 1.82) is 0 Å². The van der Waals surface area contributed by atoms with Crippen LogP contribution in [-0.4, -0.2) is 35.8 Å². The monoisotopic (exact) mass is 292 g/mol. The molecule has 0 aromatic rings. The Balaban J connectivity index is 1.97. The molecule has 4 nitrogen and oxygen atoms in total. The maximum Gasteiger partial charge on any atom is 0.191 e. The fourth-order valence-electron chi connectivity index (χ4n) is 4.27. The first-order valence-electron chi connectivity index (χ1n) is 7.70. The molecule has 0 saturated heterocycles. The number of hydrogen-bond acceptors (Lipinski definition) is 4. The summed E-state index contributed by atoms with van der Waals surface area (Å²) in [6, 6.07) is 0. The van der Waals surface area contributed by atoms with Crippen LogP contribution in [0.1, 0.15) is 39.5 Å². The van der Waals surface area contributed by atoms with Crippen LogP contribution in [0.5, 0.6) is 0 Å². The van der Waals surface area contributed by atoms with Crippen LogP contribution in [-0.2, 0) is 14.3 Å². The molecule has 21 heavy (non-hydrogen) atoms. The Morgan fingerprint density at radius 3 is 2.86 bits per heavy atom. The van der Waals surface area contributed by atoms with Gasteiger partial charge >= 0.3 is 0 Å². The van der Waals surface area contributed by atoms with Gasteiger partial charge in [-0.3, -0.25) is 4.79 Å². The largest absolute Gasteiger partial charge is 0.488 e. The lowest BCUT2D eigenvalue weighted by Gasteiger charge is -2.44. The summed E-state index contributed by atoms with van der Waals surface area (Å²) < 4.78 is 11.4. The maximum atomic E-state index is 12.5. The number of carbonyl (C=O) groups excluding carboxylic acids is 1. The summed E-state index contributed by atoms with van der Waals surface area (Å²) in [6.45, 7) is 8.25. The molecule has 0 bridgehead atoms. The Labute approximate surface area is 125 Å². The van der Waals surface area contributed by atoms with Gasteiger partial charge in [-0.15, -0.1) is 0 Å². The van der Waals surface area contributed by atoms with E-state index in [1.165, 1.54) is 7.11 Å². The second-order valence-electron chi connectivity index (χ2n) is 6.90. The third kappa shape index (κ3) is 2.16. The van der Waals surface area contributed by atoms with Gasteiger partial charge in [0.05, 0.1) is 0 Å². The average Bonchev–Trinajstić information content (AvgIpc) is 2.77. The van der Waals surface area contributed by atoms with Gasteiger partial charge in [-0.05, 0) is 39.0 Å². The number of aliphatic hydroxyl groups is 1. The van der Waals surface area contributed by atoms with E-state index in [1.54, 1.807) is 0 Å². The van der Waals surface area contributed by atoms with Crippen molar-refractivity contribution in [3.8, 4) is 0 Å². The predicted molar refractivity (Wildman–Crippen MR) is 78.6 cm³/mol. The van der Waals surface area contributed by atoms with E-state index >= 15 is 0 Å². The highest BCUT2D eigenvalue weighted by molar-refractivity contribution is 6.00. The Morgan fingerprint density at radius 2 is 2.24 bits per heavy atom. The molecule has 4 heteroatoms. The Morgan fingerprint density at radius 1 is 1.52 bits per heavy atom. The van der Waals surface area contributed by atoms with Crippen LogP contribution in [0.2, 0.25) is 0 Å². The number of fused-ring (bicyclic) bond motifs is 1. The molecule has 0 unspecified atom stereocenters. The van der Waals surface area contributed by atoms with Gasteiger partial charge in [0.1, 0.15) is 23.6 Å². The summed E-state index contributed by atoms with van der Waals surface area (Å²) in [5.41, 5.74) is 1.50. The number of ether oxygens (including phenoxy) is 2. The van der Waals surface area contributed by atoms with Gasteiger partial charge in [0.15, 0.2) is 5.78 Å². The van der Waals surface area contributed by atoms with Crippen molar-refractivity contribution in [2.24, 2.45) is 11.8 Å². The fraction of sp³-hybridized carbons (Fsp3) is 0.706. The molecule has 0 radical (unpaired) electrons. The minimum atomic E-state index is -0.732. The van der Waals surface area contributed by atoms with Crippen molar-refractivity contribution >= 4 is 5.78 Å². The lowest BCUT2D eigenvalue weighted by atomic mass is 9.74. The van der Waals surface area contributed by atoms with Crippen LogP contribution < -0.4 is 0 Å². The number of rotatable bonds is 2. The second kappa shape index (κ2) is 4.96. The van der Waals surface area contributed by atoms with Crippen LogP contribution in [0.25, 0.3) is 0 Å². The molecule has 2 aliphatic carbocycles. The van der Waals surface area contributed by atoms with E-state index in [0.717, 1.165) is 18.4 Å². The fourth-order valence-corrected chi connectivity index (χ4v) is 4.27. The van der Waals surface area contributed by atoms with Crippen LogP contribution in [0.3, 0.4) is 0 Å². The maximum absolute atomic E-state index is 12.5. The molecular weight excluding hydrogens is 268 g/mol. The van der Waals surface area contributed by atoms with E-state index in [-0.39, 0.29) is 17.3 Å². The van der Waals surface area contributed by atoms with E-state index in [9.17, 15) is 9.90 Å². The van der Waals surface area contributed by atoms with Gasteiger partial charge in [0.2, 0.25) is 0 Å². The smallest absolute Gasteiger partial charge is 0.191 e. The SMILES string of the molecule is C=C(C)[C@@H]1CC[C@@]2(C)OC3=C(C[C@@H]12)C(=O)[C@@H](OC)C[C@H]3O. The van der Waals surface area contributed by atoms with Gasteiger partial charge < -0.3 is 14.6 Å². The quantitative estimate of drug-likeness (QED) is 0.794. The summed E-state index contributed by atoms with van der Waals surface area (Å²) in [5, 5.41) is 10.3. The molecule has 1 heterocycles. The molecule has 3 rings (SSSR count). The molecule has 5 atom stereocenters. The summed E-state index contributed by atoms with van der Waals surface area (Å²) in [6.07, 6.45) is 1.66. The van der Waals surface area contributed by atoms with Crippen LogP contribution >= 0.6 is 0 Å². The number of allylic oxidation sites excluding steroid dienone is 1. The first-order valence-corrected chi connectivity index (χ1v) is 7.70. The minimum absolute atomic E-state index is 0.0211. The minimum Gasteiger partial charge on any atom is -0.488 e. The van der Waals surface area contributed by atoms with Crippen molar-refractivity contribution in [3.63, 3.8) is 0 Å². The molecule has 3 aliphatic rings. The van der Waals surface area contributed by atoms with Gasteiger partial charge in [0, 0.05) is 25.0 Å². The standard InChI is InChI=1S/C17H24O4/c1-9(2)10-5-6-17(3)12(10)7-11-15(19)14(20-4)8-13(18)16(11)21-17/h10,12-14,18H,1,5-8H2,2-4H3/t10-,12-,13+,14-,17+/m0/s1. The molecule has 1 N–H and O–H groups in total. The molecule has 1 saturated carbocycles. The third-order valence-electron chi connectivity index (χ3n) is 5.53. The predicted octanol–water partition coefficient (Wildman–Crippen LogP) is 2.37. The Bertz CT molecular complexity index is 521. The number of aliphatic hydroxyl groups excluding tert-OH is 1. The van der Waals surface area contributed by atoms with Crippen LogP contribution in [0.15, 0.2) is 23.5 Å². The molecule has 0 amide bonds. The first kappa shape index (κ1) is 14.8. The summed E-state index contributed by atoms with van der Waals surface area (Å²) in [4.78, 5) is 12.5. The van der Waals surface area contributed by atoms with Gasteiger partial charge in [0.25, 0.3) is 0 Å². The van der Waals surface area contributed by atoms with E-state index < -0.39 is 12.2 Å². The van der Waals surface area contributed by atoms with E-state index in [4.69, 9.17) is 9.47 Å². The molecular formula is C17H24O4. The number of Topliss-reactive ketones (excluding diaryl/α,β-unsaturated/α-hetero) is 1. The molecule has 1 aliphatic heterocycles. The molecule has 0 aromatic heterocycles. The average molecular weight is 292 g/mol. The topological polar surface area (TPSA) is 55.8 Å². The van der Waals surface area contributed by atoms with E-state index in [2.05, 4.69) is 20.4 Å². The lowest BCUT2D eigenvalue weighted by molar-refractivity contribution is -0.135. The second-order valence-corrected chi connectivity index (χ2v) is 6.90. The highest BCUT2D eigenvalue weighted by atomic mass is 16.5. The number of methoxy groups -OCH3 is 1. The summed E-state index contributed by atoms with van der Waals surface area (Å²) >= 11 is 0. The van der Waals surface area contributed by atoms with Crippen LogP contribution in [0, 0.1) is 11.8 Å². The highest BCUT2D eigenvalue weighted by Gasteiger charge is 2.53. The zero-order chi connectivity index (χ0) is 15.4. The Hall–Kier alpha value is -1.13. The Kier molecular flexibility index (Phi) is 3.49. The molecule has 1 fully saturated rings. The third-order valence-corrected chi connectivity index (χ3v) is 5.53. The number of ketones is 1. The van der Waals surface area contributed by atoms with E-state index in [0.29, 0.717) is 30.1 Å². The zero-order valence-corrected chi connectivity index (χ0v) is 13.0. The molecule has 0 aromatic carbocycles. The van der Waals surface area contributed by atoms with Gasteiger partial charge in [-0.2, -0.15) is 0 Å². The lowest BCUT2D eigenvalue weighted by Crippen LogP contribution is -2.47. The first-order chi connectivity index (χ1) is 9.87. The number of carbonyl (C=O) groups is 1. The van der Waals surface area contributed by atoms with Crippen molar-refractivity contribution < 1.29 is 19.4 Å².